The molecule has 1 N–H and O–H groups in total. The largest absolute Gasteiger partial charge is 0.507 e. The number of rotatable bonds is 3. The quantitative estimate of drug-likeness (QED) is 0.436. The molecule has 5 nitrogen and oxygen atoms in total. The molecule has 0 amide bonds. The highest BCUT2D eigenvalue weighted by Crippen LogP contribution is 2.32. The fourth-order valence-electron chi connectivity index (χ4n) is 2.30. The Balaban J connectivity index is 2.28. The predicted molar refractivity (Wildman–Crippen MR) is 81.7 cm³/mol. The van der Waals surface area contributed by atoms with E-state index >= 15 is 0 Å². The van der Waals surface area contributed by atoms with Crippen molar-refractivity contribution in [1.82, 2.24) is 4.98 Å². The lowest BCUT2D eigenvalue weighted by Gasteiger charge is -2.10. The molecule has 0 saturated carbocycles. The number of benzene rings is 2. The van der Waals surface area contributed by atoms with E-state index in [2.05, 4.69) is 15.0 Å². The molecule has 0 aliphatic rings. The second-order valence-corrected chi connectivity index (χ2v) is 4.59. The number of pyridine rings is 1. The lowest BCUT2D eigenvalue weighted by Crippen LogP contribution is -1.94. The Morgan fingerprint density at radius 1 is 1.10 bits per heavy atom. The van der Waals surface area contributed by atoms with Crippen LogP contribution in [0.25, 0.3) is 32.6 Å². The fraction of sp³-hybridized carbons (Fsp3) is 0.0625. The highest BCUT2D eigenvalue weighted by atomic mass is 16.3. The van der Waals surface area contributed by atoms with Crippen LogP contribution in [0.1, 0.15) is 5.56 Å². The van der Waals surface area contributed by atoms with Gasteiger partial charge in [0.25, 0.3) is 0 Å². The highest BCUT2D eigenvalue weighted by Gasteiger charge is 2.11. The van der Waals surface area contributed by atoms with Crippen molar-refractivity contribution in [3.05, 3.63) is 70.6 Å². The van der Waals surface area contributed by atoms with Gasteiger partial charge < -0.3 is 5.11 Å². The molecule has 0 aliphatic carbocycles. The smallest absolute Gasteiger partial charge is 0.124 e. The molecule has 0 saturated heterocycles. The molecule has 0 aliphatic heterocycles. The molecule has 102 valence electrons. The van der Waals surface area contributed by atoms with E-state index in [1.165, 1.54) is 0 Å². The average molecular weight is 276 g/mol. The molecule has 0 atom stereocenters. The number of hydrogen-bond acceptors (Lipinski definition) is 3. The van der Waals surface area contributed by atoms with Crippen molar-refractivity contribution < 1.29 is 5.11 Å². The summed E-state index contributed by atoms with van der Waals surface area (Å²) in [4.78, 5) is 7.42. The Morgan fingerprint density at radius 3 is 2.67 bits per heavy atom. The minimum atomic E-state index is 0.155. The minimum absolute atomic E-state index is 0.155. The number of phenolic OH excluding ortho intramolecular Hbond substituents is 1. The van der Waals surface area contributed by atoms with E-state index in [4.69, 9.17) is 5.53 Å². The van der Waals surface area contributed by atoms with Crippen LogP contribution in [0, 0.1) is 0 Å². The first-order chi connectivity index (χ1) is 10.3. The highest BCUT2D eigenvalue weighted by molar-refractivity contribution is 5.84. The van der Waals surface area contributed by atoms with E-state index in [1.807, 2.05) is 36.4 Å². The number of aromatic hydroxyl groups is 1. The van der Waals surface area contributed by atoms with Gasteiger partial charge in [-0.1, -0.05) is 35.4 Å². The molecule has 0 radical (unpaired) electrons. The maximum atomic E-state index is 10.0. The minimum Gasteiger partial charge on any atom is -0.507 e. The van der Waals surface area contributed by atoms with Gasteiger partial charge in [-0.2, -0.15) is 0 Å². The Hall–Kier alpha value is -3.04. The van der Waals surface area contributed by atoms with Gasteiger partial charge in [0.1, 0.15) is 5.75 Å². The Kier molecular flexibility index (Phi) is 3.41. The number of para-hydroxylation sites is 2. The van der Waals surface area contributed by atoms with Crippen molar-refractivity contribution in [3.8, 4) is 17.0 Å². The number of fused-ring (bicyclic) bond motifs is 1. The van der Waals surface area contributed by atoms with Gasteiger partial charge in [0.2, 0.25) is 0 Å². The summed E-state index contributed by atoms with van der Waals surface area (Å²) in [5.41, 5.74) is 11.4. The second kappa shape index (κ2) is 5.53. The van der Waals surface area contributed by atoms with Crippen LogP contribution in [0.2, 0.25) is 0 Å². The van der Waals surface area contributed by atoms with Crippen molar-refractivity contribution >= 4 is 10.9 Å². The summed E-state index contributed by atoms with van der Waals surface area (Å²) in [6.45, 7) is 0.192. The van der Waals surface area contributed by atoms with Crippen LogP contribution in [0.3, 0.4) is 0 Å². The summed E-state index contributed by atoms with van der Waals surface area (Å²) in [5.74, 6) is 0.155. The summed E-state index contributed by atoms with van der Waals surface area (Å²) in [7, 11) is 0. The van der Waals surface area contributed by atoms with E-state index in [0.717, 1.165) is 16.5 Å². The molecule has 1 aromatic heterocycles. The van der Waals surface area contributed by atoms with E-state index in [0.29, 0.717) is 11.3 Å². The van der Waals surface area contributed by atoms with E-state index in [9.17, 15) is 5.11 Å². The number of nitrogens with zero attached hydrogens (tertiary/aromatic N) is 4. The van der Waals surface area contributed by atoms with Gasteiger partial charge in [0.05, 0.1) is 17.8 Å². The summed E-state index contributed by atoms with van der Waals surface area (Å²) < 4.78 is 0. The van der Waals surface area contributed by atoms with Crippen LogP contribution >= 0.6 is 0 Å². The van der Waals surface area contributed by atoms with Crippen molar-refractivity contribution in [2.75, 3.05) is 0 Å². The van der Waals surface area contributed by atoms with Crippen LogP contribution in [-0.2, 0) is 6.54 Å². The van der Waals surface area contributed by atoms with Crippen molar-refractivity contribution in [2.45, 2.75) is 6.54 Å². The summed E-state index contributed by atoms with van der Waals surface area (Å²) in [5, 5.41) is 14.6. The van der Waals surface area contributed by atoms with Gasteiger partial charge in [-0.3, -0.25) is 0 Å². The molecule has 5 heteroatoms. The molecule has 2 aromatic carbocycles. The molecule has 0 bridgehead atoms. The zero-order valence-corrected chi connectivity index (χ0v) is 11.1. The van der Waals surface area contributed by atoms with Gasteiger partial charge in [-0.15, -0.1) is 0 Å². The molecule has 1 heterocycles. The van der Waals surface area contributed by atoms with Crippen LogP contribution in [0.5, 0.6) is 5.75 Å². The van der Waals surface area contributed by atoms with Gasteiger partial charge >= 0.3 is 0 Å². The summed E-state index contributed by atoms with van der Waals surface area (Å²) in [6.07, 6.45) is 0. The zero-order chi connectivity index (χ0) is 14.7. The number of hydrogen-bond donors (Lipinski definition) is 1. The van der Waals surface area contributed by atoms with E-state index in [1.54, 1.807) is 18.2 Å². The first-order valence-corrected chi connectivity index (χ1v) is 6.47. The van der Waals surface area contributed by atoms with Gasteiger partial charge in [-0.25, -0.2) is 4.98 Å². The molecule has 21 heavy (non-hydrogen) atoms. The third-order valence-electron chi connectivity index (χ3n) is 3.27. The molecule has 0 fully saturated rings. The Bertz CT molecular complexity index is 854. The van der Waals surface area contributed by atoms with E-state index in [-0.39, 0.29) is 12.3 Å². The van der Waals surface area contributed by atoms with Crippen LogP contribution in [0.4, 0.5) is 0 Å². The van der Waals surface area contributed by atoms with Crippen molar-refractivity contribution in [1.29, 1.82) is 0 Å². The third kappa shape index (κ3) is 2.50. The van der Waals surface area contributed by atoms with Gasteiger partial charge in [0.15, 0.2) is 0 Å². The van der Waals surface area contributed by atoms with Crippen LogP contribution in [-0.4, -0.2) is 10.1 Å². The fourth-order valence-corrected chi connectivity index (χ4v) is 2.30. The lowest BCUT2D eigenvalue weighted by atomic mass is 10.0. The molecule has 0 spiro atoms. The van der Waals surface area contributed by atoms with E-state index < -0.39 is 0 Å². The molecular weight excluding hydrogens is 264 g/mol. The monoisotopic (exact) mass is 276 g/mol. The van der Waals surface area contributed by atoms with Gasteiger partial charge in [-0.05, 0) is 35.4 Å². The van der Waals surface area contributed by atoms with Gasteiger partial charge in [0, 0.05) is 15.9 Å². The SMILES string of the molecule is [N-]=[N+]=NCc1cc2ccccc2nc1-c1ccccc1O. The second-order valence-electron chi connectivity index (χ2n) is 4.59. The number of azide groups is 1. The summed E-state index contributed by atoms with van der Waals surface area (Å²) in [6, 6.07) is 16.7. The molecule has 3 aromatic rings. The lowest BCUT2D eigenvalue weighted by molar-refractivity contribution is 0.477. The Labute approximate surface area is 121 Å². The zero-order valence-electron chi connectivity index (χ0n) is 11.1. The third-order valence-corrected chi connectivity index (χ3v) is 3.27. The number of aromatic nitrogens is 1. The predicted octanol–water partition coefficient (Wildman–Crippen LogP) is 4.42. The maximum Gasteiger partial charge on any atom is 0.124 e. The normalized spacial score (nSPS) is 10.3. The van der Waals surface area contributed by atoms with Crippen LogP contribution < -0.4 is 0 Å². The van der Waals surface area contributed by atoms with Crippen LogP contribution in [0.15, 0.2) is 59.7 Å². The standard InChI is InChI=1S/C16H12N4O/c17-20-18-10-12-9-11-5-1-3-7-14(11)19-16(12)13-6-2-4-8-15(13)21/h1-9,21H,10H2. The average Bonchev–Trinajstić information content (AvgIpc) is 2.52. The van der Waals surface area contributed by atoms with Crippen molar-refractivity contribution in [2.24, 2.45) is 5.11 Å². The molecule has 3 rings (SSSR count). The number of phenols is 1. The maximum absolute atomic E-state index is 10.0. The summed E-state index contributed by atoms with van der Waals surface area (Å²) >= 11 is 0. The Morgan fingerprint density at radius 2 is 1.86 bits per heavy atom. The van der Waals surface area contributed by atoms with Crippen molar-refractivity contribution in [3.63, 3.8) is 0 Å². The first-order valence-electron chi connectivity index (χ1n) is 6.47. The molecule has 0 unspecified atom stereocenters. The topological polar surface area (TPSA) is 81.9 Å². The molecular formula is C16H12N4O. The first kappa shape index (κ1) is 13.0.